The van der Waals surface area contributed by atoms with Crippen LogP contribution in [-0.2, 0) is 17.9 Å². The number of aliphatic hydroxyl groups excluding tert-OH is 1. The maximum Gasteiger partial charge on any atom is 0.298 e. The summed E-state index contributed by atoms with van der Waals surface area (Å²) >= 11 is 0. The zero-order chi connectivity index (χ0) is 18.7. The zero-order valence-electron chi connectivity index (χ0n) is 14.9. The fraction of sp³-hybridized carbons (Fsp3) is 0.353. The lowest BCUT2D eigenvalue weighted by Gasteiger charge is -2.12. The van der Waals surface area contributed by atoms with E-state index in [-0.39, 0.29) is 18.7 Å². The van der Waals surface area contributed by atoms with Gasteiger partial charge in [-0.25, -0.2) is 0 Å². The second kappa shape index (κ2) is 7.54. The third-order valence-electron chi connectivity index (χ3n) is 4.00. The van der Waals surface area contributed by atoms with E-state index < -0.39 is 0 Å². The average molecular weight is 358 g/mol. The Labute approximate surface area is 150 Å². The van der Waals surface area contributed by atoms with E-state index in [0.29, 0.717) is 29.7 Å². The molecular formula is C17H22N6O3. The summed E-state index contributed by atoms with van der Waals surface area (Å²) in [6.45, 7) is 2.33. The highest BCUT2D eigenvalue weighted by Crippen LogP contribution is 2.26. The Kier molecular flexibility index (Phi) is 5.19. The molecule has 9 nitrogen and oxygen atoms in total. The molecule has 0 bridgehead atoms. The van der Waals surface area contributed by atoms with Gasteiger partial charge < -0.3 is 25.6 Å². The minimum Gasteiger partial charge on any atom is -0.468 e. The predicted octanol–water partition coefficient (Wildman–Crippen LogP) is 1.36. The van der Waals surface area contributed by atoms with Gasteiger partial charge in [-0.1, -0.05) is 24.3 Å². The number of ether oxygens (including phenoxy) is 2. The number of benzene rings is 1. The Bertz CT molecular complexity index is 894. The summed E-state index contributed by atoms with van der Waals surface area (Å²) in [6, 6.07) is 8.01. The van der Waals surface area contributed by atoms with Crippen molar-refractivity contribution in [1.29, 1.82) is 0 Å². The van der Waals surface area contributed by atoms with Gasteiger partial charge >= 0.3 is 0 Å². The van der Waals surface area contributed by atoms with Crippen LogP contribution in [0.2, 0.25) is 0 Å². The Morgan fingerprint density at radius 1 is 1.15 bits per heavy atom. The van der Waals surface area contributed by atoms with E-state index in [1.165, 1.54) is 0 Å². The SMILES string of the molecule is COc1nc2c(N)nc(NC(C)OC)nc2n1Cc1ccc(CO)cc1. The molecule has 4 N–H and O–H groups in total. The maximum absolute atomic E-state index is 9.18. The number of aliphatic hydroxyl groups is 1. The average Bonchev–Trinajstić information content (AvgIpc) is 3.00. The molecule has 3 aromatic rings. The highest BCUT2D eigenvalue weighted by Gasteiger charge is 2.18. The minimum absolute atomic E-state index is 0.00801. The van der Waals surface area contributed by atoms with Crippen molar-refractivity contribution in [2.24, 2.45) is 0 Å². The highest BCUT2D eigenvalue weighted by molar-refractivity contribution is 5.84. The number of nitrogens with one attached hydrogen (secondary N) is 1. The molecule has 0 aliphatic heterocycles. The monoisotopic (exact) mass is 358 g/mol. The van der Waals surface area contributed by atoms with Crippen LogP contribution in [0, 0.1) is 0 Å². The van der Waals surface area contributed by atoms with Gasteiger partial charge in [0.05, 0.1) is 20.3 Å². The van der Waals surface area contributed by atoms with Crippen LogP contribution in [0.15, 0.2) is 24.3 Å². The predicted molar refractivity (Wildman–Crippen MR) is 97.8 cm³/mol. The number of methoxy groups -OCH3 is 2. The lowest BCUT2D eigenvalue weighted by molar-refractivity contribution is 0.140. The van der Waals surface area contributed by atoms with Gasteiger partial charge in [0.25, 0.3) is 6.01 Å². The van der Waals surface area contributed by atoms with Gasteiger partial charge in [-0.3, -0.25) is 4.57 Å². The molecule has 3 rings (SSSR count). The molecule has 9 heteroatoms. The molecule has 0 aliphatic rings. The fourth-order valence-electron chi connectivity index (χ4n) is 2.54. The second-order valence-corrected chi connectivity index (χ2v) is 5.79. The van der Waals surface area contributed by atoms with E-state index in [1.54, 1.807) is 14.2 Å². The van der Waals surface area contributed by atoms with Crippen molar-refractivity contribution < 1.29 is 14.6 Å². The van der Waals surface area contributed by atoms with Crippen molar-refractivity contribution in [3.05, 3.63) is 35.4 Å². The molecule has 138 valence electrons. The summed E-state index contributed by atoms with van der Waals surface area (Å²) in [7, 11) is 3.13. The molecule has 0 aliphatic carbocycles. The summed E-state index contributed by atoms with van der Waals surface area (Å²) in [5.41, 5.74) is 8.95. The summed E-state index contributed by atoms with van der Waals surface area (Å²) in [5, 5.41) is 12.2. The third-order valence-corrected chi connectivity index (χ3v) is 4.00. The van der Waals surface area contributed by atoms with Crippen molar-refractivity contribution in [1.82, 2.24) is 19.5 Å². The van der Waals surface area contributed by atoms with Gasteiger partial charge in [-0.2, -0.15) is 15.0 Å². The van der Waals surface area contributed by atoms with E-state index >= 15 is 0 Å². The van der Waals surface area contributed by atoms with Gasteiger partial charge in [0.15, 0.2) is 17.0 Å². The van der Waals surface area contributed by atoms with Crippen molar-refractivity contribution in [2.75, 3.05) is 25.3 Å². The number of nitrogens with zero attached hydrogens (tertiary/aromatic N) is 4. The molecule has 1 atom stereocenters. The molecule has 0 amide bonds. The molecule has 0 saturated heterocycles. The summed E-state index contributed by atoms with van der Waals surface area (Å²) in [4.78, 5) is 13.1. The van der Waals surface area contributed by atoms with Crippen LogP contribution in [0.5, 0.6) is 6.01 Å². The first-order valence-electron chi connectivity index (χ1n) is 8.11. The fourth-order valence-corrected chi connectivity index (χ4v) is 2.54. The molecule has 1 unspecified atom stereocenters. The minimum atomic E-state index is -0.267. The number of hydrogen-bond donors (Lipinski definition) is 3. The van der Waals surface area contributed by atoms with Crippen LogP contribution < -0.4 is 15.8 Å². The Balaban J connectivity index is 2.03. The molecule has 0 fully saturated rings. The van der Waals surface area contributed by atoms with E-state index in [4.69, 9.17) is 15.2 Å². The molecule has 0 saturated carbocycles. The largest absolute Gasteiger partial charge is 0.468 e. The highest BCUT2D eigenvalue weighted by atomic mass is 16.5. The first-order chi connectivity index (χ1) is 12.5. The number of aromatic nitrogens is 4. The molecule has 0 radical (unpaired) electrons. The van der Waals surface area contributed by atoms with E-state index in [1.807, 2.05) is 35.8 Å². The van der Waals surface area contributed by atoms with Crippen molar-refractivity contribution >= 4 is 22.9 Å². The first kappa shape index (κ1) is 17.9. The smallest absolute Gasteiger partial charge is 0.298 e. The summed E-state index contributed by atoms with van der Waals surface area (Å²) in [5.74, 6) is 0.609. The lowest BCUT2D eigenvalue weighted by Crippen LogP contribution is -2.19. The van der Waals surface area contributed by atoms with E-state index in [2.05, 4.69) is 20.3 Å². The number of anilines is 2. The van der Waals surface area contributed by atoms with Crippen molar-refractivity contribution in [3.8, 4) is 6.01 Å². The van der Waals surface area contributed by atoms with Gasteiger partial charge in [0, 0.05) is 7.11 Å². The number of nitrogen functional groups attached to an aromatic ring is 1. The maximum atomic E-state index is 9.18. The first-order valence-corrected chi connectivity index (χ1v) is 8.11. The van der Waals surface area contributed by atoms with Crippen LogP contribution in [0.25, 0.3) is 11.2 Å². The molecule has 2 aromatic heterocycles. The normalized spacial score (nSPS) is 12.3. The topological polar surface area (TPSA) is 120 Å². The molecule has 1 aromatic carbocycles. The van der Waals surface area contributed by atoms with E-state index in [0.717, 1.165) is 11.1 Å². The number of nitrogens with two attached hydrogens (primary N) is 1. The van der Waals surface area contributed by atoms with Crippen LogP contribution in [-0.4, -0.2) is 45.1 Å². The molecule has 26 heavy (non-hydrogen) atoms. The Hall–Kier alpha value is -2.91. The van der Waals surface area contributed by atoms with Crippen LogP contribution in [0.1, 0.15) is 18.1 Å². The number of fused-ring (bicyclic) bond motifs is 1. The summed E-state index contributed by atoms with van der Waals surface area (Å²) in [6.07, 6.45) is -0.267. The number of rotatable bonds is 7. The Morgan fingerprint density at radius 2 is 1.85 bits per heavy atom. The van der Waals surface area contributed by atoms with Gasteiger partial charge in [0.1, 0.15) is 6.23 Å². The van der Waals surface area contributed by atoms with Crippen LogP contribution >= 0.6 is 0 Å². The summed E-state index contributed by atoms with van der Waals surface area (Å²) < 4.78 is 12.4. The molecule has 0 spiro atoms. The zero-order valence-corrected chi connectivity index (χ0v) is 14.9. The quantitative estimate of drug-likeness (QED) is 0.542. The molecular weight excluding hydrogens is 336 g/mol. The number of imidazole rings is 1. The van der Waals surface area contributed by atoms with Crippen LogP contribution in [0.3, 0.4) is 0 Å². The lowest BCUT2D eigenvalue weighted by atomic mass is 10.1. The van der Waals surface area contributed by atoms with Crippen LogP contribution in [0.4, 0.5) is 11.8 Å². The Morgan fingerprint density at radius 3 is 2.46 bits per heavy atom. The van der Waals surface area contributed by atoms with Gasteiger partial charge in [-0.15, -0.1) is 0 Å². The molecule has 2 heterocycles. The number of hydrogen-bond acceptors (Lipinski definition) is 8. The third kappa shape index (κ3) is 3.53. The van der Waals surface area contributed by atoms with Gasteiger partial charge in [-0.05, 0) is 18.1 Å². The van der Waals surface area contributed by atoms with Crippen molar-refractivity contribution in [3.63, 3.8) is 0 Å². The van der Waals surface area contributed by atoms with Gasteiger partial charge in [0.2, 0.25) is 5.95 Å². The van der Waals surface area contributed by atoms with Crippen molar-refractivity contribution in [2.45, 2.75) is 26.3 Å². The standard InChI is InChI=1S/C17H22N6O3/c1-10(25-2)19-16-21-14(18)13-15(22-16)23(17(20-13)26-3)8-11-4-6-12(9-24)7-5-11/h4-7,10,24H,8-9H2,1-3H3,(H3,18,19,21,22). The van der Waals surface area contributed by atoms with E-state index in [9.17, 15) is 5.11 Å². The second-order valence-electron chi connectivity index (χ2n) is 5.79.